The molecule has 0 fully saturated rings. The average Bonchev–Trinajstić information content (AvgIpc) is 3.58. The summed E-state index contributed by atoms with van der Waals surface area (Å²) in [5.74, 6) is 0. The van der Waals surface area contributed by atoms with Crippen molar-refractivity contribution in [3.8, 4) is 39.1 Å². The maximum absolute atomic E-state index is 2.43. The van der Waals surface area contributed by atoms with Gasteiger partial charge in [0.05, 0.1) is 22.4 Å². The van der Waals surface area contributed by atoms with Crippen molar-refractivity contribution in [1.82, 2.24) is 4.57 Å². The number of aryl methyl sites for hydroxylation is 1. The number of anilines is 3. The van der Waals surface area contributed by atoms with Gasteiger partial charge in [-0.1, -0.05) is 164 Å². The molecule has 260 valence electrons. The predicted molar refractivity (Wildman–Crippen MR) is 234 cm³/mol. The number of fused-ring (bicyclic) bond motifs is 4. The molecule has 0 spiro atoms. The second kappa shape index (κ2) is 13.7. The zero-order chi connectivity index (χ0) is 36.7. The first kappa shape index (κ1) is 32.5. The van der Waals surface area contributed by atoms with Crippen molar-refractivity contribution in [1.29, 1.82) is 0 Å². The van der Waals surface area contributed by atoms with Crippen molar-refractivity contribution in [2.24, 2.45) is 0 Å². The Kier molecular flexibility index (Phi) is 8.08. The zero-order valence-corrected chi connectivity index (χ0v) is 30.6. The SMILES string of the molecule is Cc1ccc2c3ccccc3n(-c3ccccc3-c3ccc(N(c4ccc(-c5ccccc5)cc4)c4ccccc4-c4cccc5ccccc45)cc3)c2c1. The molecule has 0 amide bonds. The molecule has 9 aromatic carbocycles. The minimum atomic E-state index is 1.09. The quantitative estimate of drug-likeness (QED) is 0.160. The van der Waals surface area contributed by atoms with E-state index in [1.54, 1.807) is 0 Å². The minimum absolute atomic E-state index is 1.09. The van der Waals surface area contributed by atoms with E-state index in [0.29, 0.717) is 0 Å². The Hall–Kier alpha value is -7.16. The van der Waals surface area contributed by atoms with Gasteiger partial charge in [-0.15, -0.1) is 0 Å². The van der Waals surface area contributed by atoms with Gasteiger partial charge in [-0.2, -0.15) is 0 Å². The molecule has 0 saturated carbocycles. The van der Waals surface area contributed by atoms with Crippen molar-refractivity contribution < 1.29 is 0 Å². The fourth-order valence-corrected chi connectivity index (χ4v) is 8.26. The second-order valence-electron chi connectivity index (χ2n) is 14.2. The molecular formula is C53H38N2. The van der Waals surface area contributed by atoms with E-state index >= 15 is 0 Å². The first-order valence-electron chi connectivity index (χ1n) is 18.9. The van der Waals surface area contributed by atoms with E-state index in [1.165, 1.54) is 77.2 Å². The summed E-state index contributed by atoms with van der Waals surface area (Å²) in [6.45, 7) is 2.17. The molecule has 0 saturated heterocycles. The monoisotopic (exact) mass is 702 g/mol. The first-order valence-corrected chi connectivity index (χ1v) is 18.9. The Labute approximate surface area is 321 Å². The van der Waals surface area contributed by atoms with Crippen LogP contribution in [-0.2, 0) is 0 Å². The first-order chi connectivity index (χ1) is 27.2. The second-order valence-corrected chi connectivity index (χ2v) is 14.2. The highest BCUT2D eigenvalue weighted by molar-refractivity contribution is 6.10. The van der Waals surface area contributed by atoms with Crippen LogP contribution in [0.15, 0.2) is 212 Å². The van der Waals surface area contributed by atoms with Gasteiger partial charge in [0.1, 0.15) is 0 Å². The highest BCUT2D eigenvalue weighted by Crippen LogP contribution is 2.44. The summed E-state index contributed by atoms with van der Waals surface area (Å²) in [7, 11) is 0. The number of nitrogens with zero attached hydrogens (tertiary/aromatic N) is 2. The van der Waals surface area contributed by atoms with Gasteiger partial charge in [-0.3, -0.25) is 0 Å². The molecule has 10 rings (SSSR count). The highest BCUT2D eigenvalue weighted by atomic mass is 15.1. The van der Waals surface area contributed by atoms with E-state index < -0.39 is 0 Å². The van der Waals surface area contributed by atoms with Gasteiger partial charge in [0.25, 0.3) is 0 Å². The molecule has 0 bridgehead atoms. The Morgan fingerprint density at radius 2 is 0.927 bits per heavy atom. The minimum Gasteiger partial charge on any atom is -0.310 e. The number of aromatic nitrogens is 1. The topological polar surface area (TPSA) is 8.17 Å². The summed E-state index contributed by atoms with van der Waals surface area (Å²) < 4.78 is 2.43. The van der Waals surface area contributed by atoms with Crippen LogP contribution in [0.1, 0.15) is 5.56 Å². The molecule has 0 atom stereocenters. The predicted octanol–water partition coefficient (Wildman–Crippen LogP) is 14.7. The molecule has 10 aromatic rings. The summed E-state index contributed by atoms with van der Waals surface area (Å²) >= 11 is 0. The summed E-state index contributed by atoms with van der Waals surface area (Å²) in [6.07, 6.45) is 0. The van der Waals surface area contributed by atoms with Crippen LogP contribution in [-0.4, -0.2) is 4.57 Å². The molecule has 1 heterocycles. The van der Waals surface area contributed by atoms with Gasteiger partial charge in [0.15, 0.2) is 0 Å². The van der Waals surface area contributed by atoms with Crippen molar-refractivity contribution >= 4 is 49.6 Å². The summed E-state index contributed by atoms with van der Waals surface area (Å²) in [6, 6.07) is 77.0. The lowest BCUT2D eigenvalue weighted by Crippen LogP contribution is -2.11. The number of hydrogen-bond donors (Lipinski definition) is 0. The van der Waals surface area contributed by atoms with Crippen LogP contribution >= 0.6 is 0 Å². The molecule has 0 N–H and O–H groups in total. The summed E-state index contributed by atoms with van der Waals surface area (Å²) in [4.78, 5) is 2.40. The number of hydrogen-bond acceptors (Lipinski definition) is 1. The largest absolute Gasteiger partial charge is 0.310 e. The molecular weight excluding hydrogens is 665 g/mol. The van der Waals surface area contributed by atoms with Gasteiger partial charge in [0, 0.05) is 33.3 Å². The summed E-state index contributed by atoms with van der Waals surface area (Å²) in [5, 5.41) is 5.01. The fourth-order valence-electron chi connectivity index (χ4n) is 8.26. The number of para-hydroxylation sites is 3. The molecule has 0 radical (unpaired) electrons. The van der Waals surface area contributed by atoms with Gasteiger partial charge in [-0.25, -0.2) is 0 Å². The lowest BCUT2D eigenvalue weighted by atomic mass is 9.96. The van der Waals surface area contributed by atoms with E-state index in [9.17, 15) is 0 Å². The number of rotatable bonds is 7. The van der Waals surface area contributed by atoms with Gasteiger partial charge in [-0.05, 0) is 94.0 Å². The molecule has 0 aliphatic carbocycles. The summed E-state index contributed by atoms with van der Waals surface area (Å²) in [5.41, 5.74) is 15.3. The fraction of sp³-hybridized carbons (Fsp3) is 0.0189. The van der Waals surface area contributed by atoms with Gasteiger partial charge >= 0.3 is 0 Å². The van der Waals surface area contributed by atoms with Crippen LogP contribution in [0.25, 0.3) is 71.6 Å². The van der Waals surface area contributed by atoms with Crippen LogP contribution in [0.5, 0.6) is 0 Å². The Bertz CT molecular complexity index is 2970. The Morgan fingerprint density at radius 3 is 1.73 bits per heavy atom. The third-order valence-electron chi connectivity index (χ3n) is 10.9. The zero-order valence-electron chi connectivity index (χ0n) is 30.6. The van der Waals surface area contributed by atoms with Crippen LogP contribution < -0.4 is 4.90 Å². The third-order valence-corrected chi connectivity index (χ3v) is 10.9. The molecule has 0 aliphatic rings. The van der Waals surface area contributed by atoms with E-state index in [4.69, 9.17) is 0 Å². The van der Waals surface area contributed by atoms with Crippen molar-refractivity contribution in [2.75, 3.05) is 4.90 Å². The van der Waals surface area contributed by atoms with Crippen molar-refractivity contribution in [3.05, 3.63) is 218 Å². The van der Waals surface area contributed by atoms with Crippen LogP contribution in [0.2, 0.25) is 0 Å². The maximum atomic E-state index is 2.43. The van der Waals surface area contributed by atoms with E-state index in [-0.39, 0.29) is 0 Å². The third kappa shape index (κ3) is 5.76. The number of benzene rings is 9. The standard InChI is InChI=1S/C53H38N2/c1-37-26-35-49-48-21-9-12-25-52(48)55(53(49)36-37)50-23-10-7-19-45(50)41-29-33-43(34-30-41)54(42-31-27-39(28-32-42)38-14-3-2-4-15-38)51-24-11-8-20-47(51)46-22-13-17-40-16-5-6-18-44(40)46/h2-36H,1H3. The molecule has 1 aromatic heterocycles. The van der Waals surface area contributed by atoms with Crippen molar-refractivity contribution in [2.45, 2.75) is 6.92 Å². The van der Waals surface area contributed by atoms with Crippen LogP contribution in [0.4, 0.5) is 17.1 Å². The molecule has 55 heavy (non-hydrogen) atoms. The van der Waals surface area contributed by atoms with Crippen LogP contribution in [0, 0.1) is 6.92 Å². The van der Waals surface area contributed by atoms with Gasteiger partial charge in [0.2, 0.25) is 0 Å². The van der Waals surface area contributed by atoms with E-state index in [1.807, 2.05) is 0 Å². The average molecular weight is 703 g/mol. The lowest BCUT2D eigenvalue weighted by Gasteiger charge is -2.28. The van der Waals surface area contributed by atoms with E-state index in [0.717, 1.165) is 17.1 Å². The maximum Gasteiger partial charge on any atom is 0.0543 e. The van der Waals surface area contributed by atoms with Crippen molar-refractivity contribution in [3.63, 3.8) is 0 Å². The molecule has 2 nitrogen and oxygen atoms in total. The Balaban J connectivity index is 1.12. The smallest absolute Gasteiger partial charge is 0.0543 e. The molecule has 0 aliphatic heterocycles. The molecule has 2 heteroatoms. The molecule has 0 unspecified atom stereocenters. The normalized spacial score (nSPS) is 11.4. The van der Waals surface area contributed by atoms with Gasteiger partial charge < -0.3 is 9.47 Å². The highest BCUT2D eigenvalue weighted by Gasteiger charge is 2.20. The lowest BCUT2D eigenvalue weighted by molar-refractivity contribution is 1.18. The van der Waals surface area contributed by atoms with E-state index in [2.05, 4.69) is 229 Å². The Morgan fingerprint density at radius 1 is 0.364 bits per heavy atom. The van der Waals surface area contributed by atoms with Crippen LogP contribution in [0.3, 0.4) is 0 Å².